The minimum atomic E-state index is -3.61. The number of amides is 1. The molecule has 0 saturated heterocycles. The number of benzene rings is 2. The van der Waals surface area contributed by atoms with E-state index in [1.54, 1.807) is 7.11 Å². The maximum absolute atomic E-state index is 12.4. The molecule has 2 aromatic carbocycles. The standard InChI is InChI=1S/C19H24N2O5S/c1-21(2)27(23,24)15-10-11-18(26-4)16(13-15)20-19(22)12-9-14-7-5-6-8-17(14)25-3/h5-8,10-11,13H,9,12H2,1-4H3,(H,20,22). The topological polar surface area (TPSA) is 84.9 Å². The van der Waals surface area contributed by atoms with Gasteiger partial charge in [0.05, 0.1) is 24.8 Å². The Morgan fingerprint density at radius 3 is 2.33 bits per heavy atom. The van der Waals surface area contributed by atoms with Gasteiger partial charge in [-0.2, -0.15) is 0 Å². The van der Waals surface area contributed by atoms with Gasteiger partial charge in [-0.1, -0.05) is 18.2 Å². The summed E-state index contributed by atoms with van der Waals surface area (Å²) in [5.41, 5.74) is 1.23. The van der Waals surface area contributed by atoms with E-state index in [1.165, 1.54) is 39.4 Å². The Balaban J connectivity index is 2.16. The van der Waals surface area contributed by atoms with Crippen LogP contribution in [0.25, 0.3) is 0 Å². The summed E-state index contributed by atoms with van der Waals surface area (Å²) in [6.07, 6.45) is 0.710. The third kappa shape index (κ3) is 4.99. The van der Waals surface area contributed by atoms with E-state index in [4.69, 9.17) is 9.47 Å². The third-order valence-electron chi connectivity index (χ3n) is 4.04. The average molecular weight is 392 g/mol. The lowest BCUT2D eigenvalue weighted by atomic mass is 10.1. The largest absolute Gasteiger partial charge is 0.496 e. The number of ether oxygens (including phenoxy) is 2. The van der Waals surface area contributed by atoms with Crippen LogP contribution in [0.2, 0.25) is 0 Å². The van der Waals surface area contributed by atoms with Crippen LogP contribution in [-0.2, 0) is 21.2 Å². The SMILES string of the molecule is COc1ccccc1CCC(=O)Nc1cc(S(=O)(=O)N(C)C)ccc1OC. The Hall–Kier alpha value is -2.58. The molecule has 0 bridgehead atoms. The molecule has 1 N–H and O–H groups in total. The van der Waals surface area contributed by atoms with Crippen LogP contribution in [-0.4, -0.2) is 46.9 Å². The van der Waals surface area contributed by atoms with Gasteiger partial charge in [0, 0.05) is 20.5 Å². The minimum Gasteiger partial charge on any atom is -0.496 e. The molecule has 0 aliphatic rings. The van der Waals surface area contributed by atoms with Gasteiger partial charge in [-0.3, -0.25) is 4.79 Å². The highest BCUT2D eigenvalue weighted by molar-refractivity contribution is 7.89. The number of nitrogens with zero attached hydrogens (tertiary/aromatic N) is 1. The summed E-state index contributed by atoms with van der Waals surface area (Å²) in [7, 11) is 2.33. The summed E-state index contributed by atoms with van der Waals surface area (Å²) in [6.45, 7) is 0. The van der Waals surface area contributed by atoms with Crippen molar-refractivity contribution in [1.29, 1.82) is 0 Å². The van der Waals surface area contributed by atoms with Crippen molar-refractivity contribution in [3.63, 3.8) is 0 Å². The fourth-order valence-corrected chi connectivity index (χ4v) is 3.45. The van der Waals surface area contributed by atoms with Crippen LogP contribution in [0.15, 0.2) is 47.4 Å². The molecule has 0 heterocycles. The van der Waals surface area contributed by atoms with Gasteiger partial charge < -0.3 is 14.8 Å². The average Bonchev–Trinajstić information content (AvgIpc) is 2.66. The maximum Gasteiger partial charge on any atom is 0.242 e. The predicted molar refractivity (Wildman–Crippen MR) is 104 cm³/mol. The number of sulfonamides is 1. The number of hydrogen-bond acceptors (Lipinski definition) is 5. The van der Waals surface area contributed by atoms with Crippen LogP contribution in [0.5, 0.6) is 11.5 Å². The minimum absolute atomic E-state index is 0.0772. The van der Waals surface area contributed by atoms with E-state index in [0.717, 1.165) is 15.6 Å². The number of rotatable bonds is 8. The summed E-state index contributed by atoms with van der Waals surface area (Å²) in [5.74, 6) is 0.860. The van der Waals surface area contributed by atoms with Gasteiger partial charge in [0.1, 0.15) is 11.5 Å². The van der Waals surface area contributed by atoms with E-state index in [2.05, 4.69) is 5.32 Å². The molecule has 0 aromatic heterocycles. The molecule has 1 amide bonds. The maximum atomic E-state index is 12.4. The van der Waals surface area contributed by atoms with Crippen LogP contribution in [0, 0.1) is 0 Å². The zero-order chi connectivity index (χ0) is 20.0. The number of para-hydroxylation sites is 1. The smallest absolute Gasteiger partial charge is 0.242 e. The quantitative estimate of drug-likeness (QED) is 0.746. The van der Waals surface area contributed by atoms with Crippen molar-refractivity contribution >= 4 is 21.6 Å². The highest BCUT2D eigenvalue weighted by Gasteiger charge is 2.20. The Kier molecular flexibility index (Phi) is 6.81. The van der Waals surface area contributed by atoms with E-state index in [-0.39, 0.29) is 17.2 Å². The monoisotopic (exact) mass is 392 g/mol. The van der Waals surface area contributed by atoms with E-state index in [1.807, 2.05) is 24.3 Å². The number of carbonyl (C=O) groups is 1. The van der Waals surface area contributed by atoms with E-state index in [9.17, 15) is 13.2 Å². The summed E-state index contributed by atoms with van der Waals surface area (Å²) in [6, 6.07) is 11.8. The first-order chi connectivity index (χ1) is 12.8. The molecule has 8 heteroatoms. The fraction of sp³-hybridized carbons (Fsp3) is 0.316. The van der Waals surface area contributed by atoms with Crippen molar-refractivity contribution in [2.24, 2.45) is 0 Å². The lowest BCUT2D eigenvalue weighted by molar-refractivity contribution is -0.116. The van der Waals surface area contributed by atoms with Gasteiger partial charge in [0.2, 0.25) is 15.9 Å². The zero-order valence-corrected chi connectivity index (χ0v) is 16.7. The second-order valence-electron chi connectivity index (χ2n) is 6.01. The van der Waals surface area contributed by atoms with Gasteiger partial charge in [0.25, 0.3) is 0 Å². The molecule has 0 atom stereocenters. The van der Waals surface area contributed by atoms with Crippen LogP contribution >= 0.6 is 0 Å². The van der Waals surface area contributed by atoms with Crippen molar-refractivity contribution in [3.8, 4) is 11.5 Å². The molecular formula is C19H24N2O5S. The molecule has 0 aliphatic heterocycles. The van der Waals surface area contributed by atoms with E-state index < -0.39 is 10.0 Å². The third-order valence-corrected chi connectivity index (χ3v) is 5.85. The van der Waals surface area contributed by atoms with Crippen molar-refractivity contribution in [2.75, 3.05) is 33.6 Å². The number of carbonyl (C=O) groups excluding carboxylic acids is 1. The molecule has 0 radical (unpaired) electrons. The van der Waals surface area contributed by atoms with Gasteiger partial charge in [-0.15, -0.1) is 0 Å². The summed E-state index contributed by atoms with van der Waals surface area (Å²) in [5, 5.41) is 2.73. The molecule has 7 nitrogen and oxygen atoms in total. The molecular weight excluding hydrogens is 368 g/mol. The molecule has 2 aromatic rings. The van der Waals surface area contributed by atoms with Crippen LogP contribution < -0.4 is 14.8 Å². The van der Waals surface area contributed by atoms with Gasteiger partial charge in [-0.05, 0) is 36.2 Å². The molecule has 0 aliphatic carbocycles. The lowest BCUT2D eigenvalue weighted by Crippen LogP contribution is -2.22. The van der Waals surface area contributed by atoms with E-state index >= 15 is 0 Å². The number of hydrogen-bond donors (Lipinski definition) is 1. The molecule has 2 rings (SSSR count). The number of aryl methyl sites for hydroxylation is 1. The second-order valence-corrected chi connectivity index (χ2v) is 8.16. The summed E-state index contributed by atoms with van der Waals surface area (Å²) in [4.78, 5) is 12.5. The van der Waals surface area contributed by atoms with Crippen molar-refractivity contribution in [1.82, 2.24) is 4.31 Å². The highest BCUT2D eigenvalue weighted by atomic mass is 32.2. The molecule has 0 fully saturated rings. The Bertz CT molecular complexity index is 910. The number of methoxy groups -OCH3 is 2. The Morgan fingerprint density at radius 2 is 1.70 bits per heavy atom. The van der Waals surface area contributed by atoms with Gasteiger partial charge in [0.15, 0.2) is 0 Å². The first kappa shape index (κ1) is 20.7. The predicted octanol–water partition coefficient (Wildman–Crippen LogP) is 2.53. The molecule has 0 saturated carbocycles. The van der Waals surface area contributed by atoms with Crippen LogP contribution in [0.3, 0.4) is 0 Å². The lowest BCUT2D eigenvalue weighted by Gasteiger charge is -2.15. The van der Waals surface area contributed by atoms with Gasteiger partial charge >= 0.3 is 0 Å². The number of anilines is 1. The first-order valence-corrected chi connectivity index (χ1v) is 9.76. The Labute approximate surface area is 160 Å². The van der Waals surface area contributed by atoms with Crippen molar-refractivity contribution in [2.45, 2.75) is 17.7 Å². The molecule has 27 heavy (non-hydrogen) atoms. The van der Waals surface area contributed by atoms with Crippen molar-refractivity contribution in [3.05, 3.63) is 48.0 Å². The zero-order valence-electron chi connectivity index (χ0n) is 15.9. The number of nitrogens with one attached hydrogen (secondary N) is 1. The van der Waals surface area contributed by atoms with Crippen LogP contribution in [0.4, 0.5) is 5.69 Å². The molecule has 0 unspecified atom stereocenters. The summed E-state index contributed by atoms with van der Waals surface area (Å²) >= 11 is 0. The second kappa shape index (κ2) is 8.88. The first-order valence-electron chi connectivity index (χ1n) is 8.32. The summed E-state index contributed by atoms with van der Waals surface area (Å²) < 4.78 is 36.2. The van der Waals surface area contributed by atoms with Crippen LogP contribution in [0.1, 0.15) is 12.0 Å². The Morgan fingerprint density at radius 1 is 1.04 bits per heavy atom. The normalized spacial score (nSPS) is 11.3. The highest BCUT2D eigenvalue weighted by Crippen LogP contribution is 2.29. The fourth-order valence-electron chi connectivity index (χ4n) is 2.53. The molecule has 146 valence electrons. The van der Waals surface area contributed by atoms with Gasteiger partial charge in [-0.25, -0.2) is 12.7 Å². The van der Waals surface area contributed by atoms with E-state index in [0.29, 0.717) is 17.9 Å². The molecule has 0 spiro atoms. The van der Waals surface area contributed by atoms with Crippen molar-refractivity contribution < 1.29 is 22.7 Å².